The number of fused-ring (bicyclic) bond motifs is 1. The van der Waals surface area contributed by atoms with Crippen LogP contribution in [0, 0.1) is 5.82 Å². The van der Waals surface area contributed by atoms with E-state index in [1.54, 1.807) is 19.4 Å². The number of hydrogen-bond acceptors (Lipinski definition) is 6. The smallest absolute Gasteiger partial charge is 0.211 e. The number of nitrogen functional groups attached to an aromatic ring is 1. The monoisotopic (exact) mass is 499 g/mol. The summed E-state index contributed by atoms with van der Waals surface area (Å²) in [5, 5.41) is 0.786. The second-order valence-electron chi connectivity index (χ2n) is 7.48. The van der Waals surface area contributed by atoms with Crippen molar-refractivity contribution in [3.8, 4) is 5.75 Å². The maximum Gasteiger partial charge on any atom is 0.211 e. The molecule has 0 saturated heterocycles. The van der Waals surface area contributed by atoms with Crippen molar-refractivity contribution in [2.45, 2.75) is 19.4 Å². The predicted octanol–water partition coefficient (Wildman–Crippen LogP) is 5.04. The van der Waals surface area contributed by atoms with Crippen molar-refractivity contribution in [1.82, 2.24) is 9.29 Å². The first kappa shape index (κ1) is 22.8. The molecule has 170 valence electrons. The van der Waals surface area contributed by atoms with Crippen LogP contribution in [-0.4, -0.2) is 37.1 Å². The van der Waals surface area contributed by atoms with Crippen molar-refractivity contribution < 1.29 is 22.0 Å². The number of hydrogen-bond donors (Lipinski definition) is 1. The standard InChI is InChI=1S/C21H20Cl2FN3O4S/c1-11(17-15(22)3-4-16(24)18(17)23)31-20-19-13(9-26-21(20)25)14(10-30-19)12-5-7-27(8-6-12)32(2,28)29/h3-5,9-11H,6-8H2,1-2H3,(H2,25,26)/t11-/m1/s1. The molecule has 0 unspecified atom stereocenters. The Hall–Kier alpha value is -2.33. The van der Waals surface area contributed by atoms with Crippen LogP contribution in [0.4, 0.5) is 10.2 Å². The fourth-order valence-electron chi connectivity index (χ4n) is 3.69. The minimum Gasteiger partial charge on any atom is -0.478 e. The van der Waals surface area contributed by atoms with Gasteiger partial charge in [-0.05, 0) is 31.1 Å². The summed E-state index contributed by atoms with van der Waals surface area (Å²) in [4.78, 5) is 4.22. The molecule has 7 nitrogen and oxygen atoms in total. The number of nitrogens with zero attached hydrogens (tertiary/aromatic N) is 2. The van der Waals surface area contributed by atoms with Crippen LogP contribution in [0.1, 0.15) is 30.6 Å². The van der Waals surface area contributed by atoms with Crippen LogP contribution in [0.3, 0.4) is 0 Å². The molecule has 0 bridgehead atoms. The van der Waals surface area contributed by atoms with Crippen LogP contribution in [-0.2, 0) is 10.0 Å². The summed E-state index contributed by atoms with van der Waals surface area (Å²) < 4.78 is 50.6. The molecule has 3 heterocycles. The van der Waals surface area contributed by atoms with Gasteiger partial charge in [0.15, 0.2) is 11.4 Å². The van der Waals surface area contributed by atoms with E-state index in [2.05, 4.69) is 4.98 Å². The summed E-state index contributed by atoms with van der Waals surface area (Å²) >= 11 is 12.3. The van der Waals surface area contributed by atoms with Gasteiger partial charge in [-0.15, -0.1) is 0 Å². The van der Waals surface area contributed by atoms with Crippen LogP contribution >= 0.6 is 23.2 Å². The maximum atomic E-state index is 14.0. The Labute approximate surface area is 194 Å². The molecular formula is C21H20Cl2FN3O4S. The summed E-state index contributed by atoms with van der Waals surface area (Å²) in [5.41, 5.74) is 8.42. The number of anilines is 1. The Morgan fingerprint density at radius 2 is 2.09 bits per heavy atom. The van der Waals surface area contributed by atoms with Gasteiger partial charge in [0, 0.05) is 35.4 Å². The van der Waals surface area contributed by atoms with Crippen molar-refractivity contribution >= 4 is 55.6 Å². The van der Waals surface area contributed by atoms with Gasteiger partial charge in [-0.2, -0.15) is 4.31 Å². The maximum absolute atomic E-state index is 14.0. The zero-order chi connectivity index (χ0) is 23.2. The Balaban J connectivity index is 1.70. The van der Waals surface area contributed by atoms with E-state index in [-0.39, 0.29) is 33.7 Å². The molecule has 0 saturated carbocycles. The molecule has 2 aromatic heterocycles. The molecule has 1 aromatic carbocycles. The number of halogens is 3. The normalized spacial score (nSPS) is 16.2. The highest BCUT2D eigenvalue weighted by Gasteiger charge is 2.25. The Bertz CT molecular complexity index is 1340. The number of nitrogens with two attached hydrogens (primary N) is 1. The fraction of sp³-hybridized carbons (Fsp3) is 0.286. The Morgan fingerprint density at radius 3 is 2.75 bits per heavy atom. The molecule has 1 aliphatic heterocycles. The van der Waals surface area contributed by atoms with Gasteiger partial charge in [-0.1, -0.05) is 29.3 Å². The molecule has 0 amide bonds. The quantitative estimate of drug-likeness (QED) is 0.493. The third kappa shape index (κ3) is 4.17. The van der Waals surface area contributed by atoms with E-state index in [0.717, 1.165) is 11.1 Å². The number of sulfonamides is 1. The molecular weight excluding hydrogens is 480 g/mol. The molecule has 2 N–H and O–H groups in total. The van der Waals surface area contributed by atoms with Crippen molar-refractivity contribution in [2.24, 2.45) is 0 Å². The number of aromatic nitrogens is 1. The average molecular weight is 500 g/mol. The highest BCUT2D eigenvalue weighted by atomic mass is 35.5. The highest BCUT2D eigenvalue weighted by molar-refractivity contribution is 7.88. The van der Waals surface area contributed by atoms with Gasteiger partial charge >= 0.3 is 0 Å². The molecule has 11 heteroatoms. The minimum atomic E-state index is -3.25. The van der Waals surface area contributed by atoms with E-state index in [4.69, 9.17) is 38.1 Å². The summed E-state index contributed by atoms with van der Waals surface area (Å²) in [5.74, 6) is -0.333. The first-order chi connectivity index (χ1) is 15.1. The van der Waals surface area contributed by atoms with Gasteiger partial charge in [0.2, 0.25) is 15.8 Å². The first-order valence-electron chi connectivity index (χ1n) is 9.68. The third-order valence-electron chi connectivity index (χ3n) is 5.37. The van der Waals surface area contributed by atoms with Crippen molar-refractivity contribution in [1.29, 1.82) is 0 Å². The van der Waals surface area contributed by atoms with Gasteiger partial charge in [0.05, 0.1) is 22.9 Å². The predicted molar refractivity (Wildman–Crippen MR) is 123 cm³/mol. The van der Waals surface area contributed by atoms with E-state index < -0.39 is 21.9 Å². The van der Waals surface area contributed by atoms with E-state index in [9.17, 15) is 12.8 Å². The third-order valence-corrected chi connectivity index (χ3v) is 7.35. The zero-order valence-corrected chi connectivity index (χ0v) is 19.6. The largest absolute Gasteiger partial charge is 0.478 e. The minimum absolute atomic E-state index is 0.0924. The summed E-state index contributed by atoms with van der Waals surface area (Å²) in [6, 6.07) is 2.58. The van der Waals surface area contributed by atoms with Crippen molar-refractivity contribution in [3.05, 3.63) is 57.7 Å². The van der Waals surface area contributed by atoms with Crippen LogP contribution in [0.5, 0.6) is 5.75 Å². The SMILES string of the molecule is C[C@@H](Oc1c(N)ncc2c(C3=CCN(S(C)(=O)=O)CC3)coc12)c1c(Cl)ccc(F)c1Cl. The highest BCUT2D eigenvalue weighted by Crippen LogP contribution is 2.41. The molecule has 0 spiro atoms. The van der Waals surface area contributed by atoms with Gasteiger partial charge in [-0.3, -0.25) is 0 Å². The average Bonchev–Trinajstić information content (AvgIpc) is 3.17. The van der Waals surface area contributed by atoms with Gasteiger partial charge in [-0.25, -0.2) is 17.8 Å². The fourth-order valence-corrected chi connectivity index (χ4v) is 5.14. The Kier molecular flexibility index (Phi) is 6.10. The second kappa shape index (κ2) is 8.55. The number of benzene rings is 1. The van der Waals surface area contributed by atoms with Crippen molar-refractivity contribution in [2.75, 3.05) is 25.1 Å². The number of rotatable bonds is 5. The van der Waals surface area contributed by atoms with Crippen LogP contribution in [0.25, 0.3) is 16.5 Å². The molecule has 4 rings (SSSR count). The summed E-state index contributed by atoms with van der Waals surface area (Å²) in [7, 11) is -3.25. The van der Waals surface area contributed by atoms with Crippen LogP contribution in [0.2, 0.25) is 10.0 Å². The van der Waals surface area contributed by atoms with E-state index >= 15 is 0 Å². The number of furan rings is 1. The zero-order valence-electron chi connectivity index (χ0n) is 17.2. The van der Waals surface area contributed by atoms with Crippen LogP contribution < -0.4 is 10.5 Å². The van der Waals surface area contributed by atoms with Gasteiger partial charge in [0.1, 0.15) is 11.9 Å². The van der Waals surface area contributed by atoms with Gasteiger partial charge < -0.3 is 14.9 Å². The molecule has 1 atom stereocenters. The van der Waals surface area contributed by atoms with E-state index in [1.807, 2.05) is 6.08 Å². The molecule has 1 aliphatic rings. The lowest BCUT2D eigenvalue weighted by molar-refractivity contribution is 0.227. The molecule has 32 heavy (non-hydrogen) atoms. The molecule has 0 fully saturated rings. The van der Waals surface area contributed by atoms with E-state index in [1.165, 1.54) is 22.7 Å². The number of ether oxygens (including phenoxy) is 1. The second-order valence-corrected chi connectivity index (χ2v) is 10.2. The Morgan fingerprint density at radius 1 is 1.34 bits per heavy atom. The van der Waals surface area contributed by atoms with Crippen LogP contribution in [0.15, 0.2) is 35.1 Å². The molecule has 0 aliphatic carbocycles. The lowest BCUT2D eigenvalue weighted by atomic mass is 10.0. The lowest BCUT2D eigenvalue weighted by Crippen LogP contribution is -2.33. The van der Waals surface area contributed by atoms with Gasteiger partial charge in [0.25, 0.3) is 0 Å². The molecule has 0 radical (unpaired) electrons. The number of pyridine rings is 1. The van der Waals surface area contributed by atoms with Crippen molar-refractivity contribution in [3.63, 3.8) is 0 Å². The van der Waals surface area contributed by atoms with E-state index in [0.29, 0.717) is 23.9 Å². The first-order valence-corrected chi connectivity index (χ1v) is 12.3. The lowest BCUT2D eigenvalue weighted by Gasteiger charge is -2.23. The topological polar surface area (TPSA) is 98.7 Å². The summed E-state index contributed by atoms with van der Waals surface area (Å²) in [6.07, 6.45) is 5.95. The molecule has 3 aromatic rings. The summed E-state index contributed by atoms with van der Waals surface area (Å²) in [6.45, 7) is 2.31.